The molecule has 3 N–H and O–H groups in total. The molecule has 2 nitrogen and oxygen atoms in total. The highest BCUT2D eigenvalue weighted by Gasteiger charge is 2.31. The van der Waals surface area contributed by atoms with E-state index in [1.807, 2.05) is 13.8 Å². The highest BCUT2D eigenvalue weighted by molar-refractivity contribution is 5.42. The first-order valence-electron chi connectivity index (χ1n) is 5.15. The fraction of sp³-hybridized carbons (Fsp3) is 0.500. The van der Waals surface area contributed by atoms with E-state index in [1.165, 1.54) is 18.4 Å². The maximum Gasteiger partial charge on any atom is 0.116 e. The third-order valence-corrected chi connectivity index (χ3v) is 3.04. The van der Waals surface area contributed by atoms with Crippen LogP contribution in [0.3, 0.4) is 0 Å². The molecule has 76 valence electrons. The molecule has 0 aromatic heterocycles. The summed E-state index contributed by atoms with van der Waals surface area (Å²) in [6, 6.07) is 3.76. The molecule has 1 aliphatic rings. The van der Waals surface area contributed by atoms with Crippen LogP contribution < -0.4 is 5.73 Å². The minimum atomic E-state index is 0.163. The van der Waals surface area contributed by atoms with Gasteiger partial charge < -0.3 is 10.8 Å². The first-order valence-corrected chi connectivity index (χ1v) is 5.15. The number of nitrogens with two attached hydrogens (primary N) is 1. The summed E-state index contributed by atoms with van der Waals surface area (Å²) >= 11 is 0. The fourth-order valence-electron chi connectivity index (χ4n) is 2.17. The Labute approximate surface area is 84.7 Å². The third kappa shape index (κ3) is 1.62. The molecule has 1 aromatic carbocycles. The summed E-state index contributed by atoms with van der Waals surface area (Å²) in [5.41, 5.74) is 9.62. The lowest BCUT2D eigenvalue weighted by atomic mass is 9.93. The molecule has 1 atom stereocenters. The Balaban J connectivity index is 2.40. The highest BCUT2D eigenvalue weighted by Crippen LogP contribution is 2.41. The van der Waals surface area contributed by atoms with Gasteiger partial charge in [-0.3, -0.25) is 0 Å². The second kappa shape index (κ2) is 3.28. The summed E-state index contributed by atoms with van der Waals surface area (Å²) in [6.45, 7) is 4.04. The smallest absolute Gasteiger partial charge is 0.116 e. The molecule has 0 radical (unpaired) electrons. The van der Waals surface area contributed by atoms with Crippen molar-refractivity contribution in [2.75, 3.05) is 0 Å². The van der Waals surface area contributed by atoms with Crippen LogP contribution in [-0.2, 0) is 0 Å². The van der Waals surface area contributed by atoms with Gasteiger partial charge in [-0.2, -0.15) is 0 Å². The van der Waals surface area contributed by atoms with Gasteiger partial charge in [0.25, 0.3) is 0 Å². The van der Waals surface area contributed by atoms with Crippen LogP contribution in [0, 0.1) is 19.8 Å². The molecule has 0 amide bonds. The summed E-state index contributed by atoms with van der Waals surface area (Å²) in [5.74, 6) is 1.00. The summed E-state index contributed by atoms with van der Waals surface area (Å²) in [7, 11) is 0. The molecule has 1 aromatic rings. The van der Waals surface area contributed by atoms with Crippen LogP contribution in [0.2, 0.25) is 0 Å². The molecular formula is C12H17NO. The summed E-state index contributed by atoms with van der Waals surface area (Å²) in [4.78, 5) is 0. The molecule has 1 aliphatic carbocycles. The molecule has 2 heteroatoms. The average molecular weight is 191 g/mol. The first kappa shape index (κ1) is 9.53. The van der Waals surface area contributed by atoms with Gasteiger partial charge in [-0.15, -0.1) is 0 Å². The predicted molar refractivity (Wildman–Crippen MR) is 57.2 cm³/mol. The number of hydrogen-bond acceptors (Lipinski definition) is 2. The number of phenols is 1. The van der Waals surface area contributed by atoms with Crippen LogP contribution in [0.25, 0.3) is 0 Å². The third-order valence-electron chi connectivity index (χ3n) is 3.04. The largest absolute Gasteiger partial charge is 0.508 e. The molecule has 14 heavy (non-hydrogen) atoms. The fourth-order valence-corrected chi connectivity index (χ4v) is 2.17. The van der Waals surface area contributed by atoms with Gasteiger partial charge in [0.15, 0.2) is 0 Å². The zero-order valence-corrected chi connectivity index (χ0v) is 8.75. The van der Waals surface area contributed by atoms with E-state index in [0.29, 0.717) is 11.7 Å². The number of phenolic OH excluding ortho intramolecular Hbond substituents is 1. The van der Waals surface area contributed by atoms with E-state index in [1.54, 1.807) is 12.1 Å². The van der Waals surface area contributed by atoms with E-state index in [4.69, 9.17) is 5.73 Å². The monoisotopic (exact) mass is 191 g/mol. The summed E-state index contributed by atoms with van der Waals surface area (Å²) in [5, 5.41) is 9.41. The maximum atomic E-state index is 9.41. The molecule has 0 saturated heterocycles. The Hall–Kier alpha value is -1.02. The van der Waals surface area contributed by atoms with Crippen molar-refractivity contribution < 1.29 is 5.11 Å². The Kier molecular flexibility index (Phi) is 2.23. The Morgan fingerprint density at radius 2 is 1.79 bits per heavy atom. The van der Waals surface area contributed by atoms with E-state index in [0.717, 1.165) is 11.1 Å². The van der Waals surface area contributed by atoms with Gasteiger partial charge in [0.1, 0.15) is 5.75 Å². The van der Waals surface area contributed by atoms with Crippen molar-refractivity contribution in [1.82, 2.24) is 0 Å². The normalized spacial score (nSPS) is 18.2. The highest BCUT2D eigenvalue weighted by atomic mass is 16.3. The minimum absolute atomic E-state index is 0.163. The van der Waals surface area contributed by atoms with Crippen molar-refractivity contribution >= 4 is 0 Å². The van der Waals surface area contributed by atoms with Crippen molar-refractivity contribution in [3.05, 3.63) is 28.8 Å². The lowest BCUT2D eigenvalue weighted by molar-refractivity contribution is 0.473. The van der Waals surface area contributed by atoms with Crippen LogP contribution in [0.15, 0.2) is 12.1 Å². The van der Waals surface area contributed by atoms with Crippen LogP contribution in [0.4, 0.5) is 0 Å². The van der Waals surface area contributed by atoms with E-state index in [2.05, 4.69) is 0 Å². The van der Waals surface area contributed by atoms with E-state index in [9.17, 15) is 5.11 Å². The number of hydrogen-bond donors (Lipinski definition) is 2. The zero-order chi connectivity index (χ0) is 10.3. The standard InChI is InChI=1S/C12H17NO/c1-7-5-10(14)6-8(2)11(7)12(13)9-3-4-9/h5-6,9,12,14H,3-4,13H2,1-2H3. The lowest BCUT2D eigenvalue weighted by Gasteiger charge is -2.17. The zero-order valence-electron chi connectivity index (χ0n) is 8.75. The Bertz CT molecular complexity index is 332. The van der Waals surface area contributed by atoms with Crippen molar-refractivity contribution in [2.45, 2.75) is 32.7 Å². The van der Waals surface area contributed by atoms with E-state index >= 15 is 0 Å². The van der Waals surface area contributed by atoms with Crippen molar-refractivity contribution in [2.24, 2.45) is 11.7 Å². The lowest BCUT2D eigenvalue weighted by Crippen LogP contribution is -2.15. The average Bonchev–Trinajstić information content (AvgIpc) is 2.83. The van der Waals surface area contributed by atoms with Crippen LogP contribution in [0.1, 0.15) is 35.6 Å². The predicted octanol–water partition coefficient (Wildman–Crippen LogP) is 2.42. The molecular weight excluding hydrogens is 174 g/mol. The van der Waals surface area contributed by atoms with Gasteiger partial charge in [0.2, 0.25) is 0 Å². The SMILES string of the molecule is Cc1cc(O)cc(C)c1C(N)C1CC1. The quantitative estimate of drug-likeness (QED) is 0.754. The second-order valence-electron chi connectivity index (χ2n) is 4.36. The number of aromatic hydroxyl groups is 1. The van der Waals surface area contributed by atoms with Crippen LogP contribution in [0.5, 0.6) is 5.75 Å². The minimum Gasteiger partial charge on any atom is -0.508 e. The summed E-state index contributed by atoms with van der Waals surface area (Å²) in [6.07, 6.45) is 2.50. The molecule has 0 bridgehead atoms. The molecule has 2 rings (SSSR count). The van der Waals surface area contributed by atoms with Crippen LogP contribution >= 0.6 is 0 Å². The van der Waals surface area contributed by atoms with Gasteiger partial charge in [-0.1, -0.05) is 0 Å². The topological polar surface area (TPSA) is 46.2 Å². The molecule has 0 aliphatic heterocycles. The second-order valence-corrected chi connectivity index (χ2v) is 4.36. The maximum absolute atomic E-state index is 9.41. The molecule has 1 fully saturated rings. The van der Waals surface area contributed by atoms with Gasteiger partial charge >= 0.3 is 0 Å². The molecule has 0 spiro atoms. The van der Waals surface area contributed by atoms with E-state index in [-0.39, 0.29) is 6.04 Å². The van der Waals surface area contributed by atoms with Crippen molar-refractivity contribution in [3.63, 3.8) is 0 Å². The van der Waals surface area contributed by atoms with E-state index < -0.39 is 0 Å². The first-order chi connectivity index (χ1) is 6.59. The number of rotatable bonds is 2. The Morgan fingerprint density at radius 1 is 1.29 bits per heavy atom. The molecule has 0 heterocycles. The Morgan fingerprint density at radius 3 is 2.21 bits per heavy atom. The van der Waals surface area contributed by atoms with Crippen molar-refractivity contribution in [1.29, 1.82) is 0 Å². The molecule has 1 unspecified atom stereocenters. The number of aryl methyl sites for hydroxylation is 2. The van der Waals surface area contributed by atoms with Crippen LogP contribution in [-0.4, -0.2) is 5.11 Å². The number of benzene rings is 1. The van der Waals surface area contributed by atoms with Gasteiger partial charge in [0, 0.05) is 6.04 Å². The van der Waals surface area contributed by atoms with Gasteiger partial charge in [-0.05, 0) is 61.4 Å². The van der Waals surface area contributed by atoms with Gasteiger partial charge in [0.05, 0.1) is 0 Å². The van der Waals surface area contributed by atoms with Crippen molar-refractivity contribution in [3.8, 4) is 5.75 Å². The summed E-state index contributed by atoms with van der Waals surface area (Å²) < 4.78 is 0. The van der Waals surface area contributed by atoms with Gasteiger partial charge in [-0.25, -0.2) is 0 Å². The molecule has 1 saturated carbocycles.